The first-order valence-corrected chi connectivity index (χ1v) is 6.78. The minimum absolute atomic E-state index is 0.233. The van der Waals surface area contributed by atoms with Gasteiger partial charge in [-0.15, -0.1) is 0 Å². The van der Waals surface area contributed by atoms with Crippen LogP contribution in [0.2, 0.25) is 0 Å². The van der Waals surface area contributed by atoms with Gasteiger partial charge in [0, 0.05) is 0 Å². The highest BCUT2D eigenvalue weighted by atomic mass is 19.1. The van der Waals surface area contributed by atoms with Crippen molar-refractivity contribution in [2.75, 3.05) is 13.7 Å². The zero-order valence-electron chi connectivity index (χ0n) is 12.6. The number of nitrogens with zero attached hydrogens (tertiary/aromatic N) is 2. The molecule has 23 heavy (non-hydrogen) atoms. The molecule has 2 aromatic rings. The van der Waals surface area contributed by atoms with Gasteiger partial charge in [0.25, 0.3) is 5.91 Å². The Morgan fingerprint density at radius 1 is 1.39 bits per heavy atom. The molecule has 1 amide bonds. The molecule has 0 saturated heterocycles. The molecule has 0 bridgehead atoms. The lowest BCUT2D eigenvalue weighted by Crippen LogP contribution is -2.44. The summed E-state index contributed by atoms with van der Waals surface area (Å²) in [7, 11) is 1.16. The van der Waals surface area contributed by atoms with E-state index >= 15 is 0 Å². The quantitative estimate of drug-likeness (QED) is 0.786. The molecule has 0 radical (unpaired) electrons. The number of hydrogen-bond acceptors (Lipinski definition) is 5. The fraction of sp³-hybridized carbons (Fsp3) is 0.267. The summed E-state index contributed by atoms with van der Waals surface area (Å²) in [6.07, 6.45) is 1.33. The molecule has 0 aliphatic heterocycles. The van der Waals surface area contributed by atoms with Crippen molar-refractivity contribution in [3.8, 4) is 5.69 Å². The van der Waals surface area contributed by atoms with Crippen molar-refractivity contribution in [2.24, 2.45) is 0 Å². The van der Waals surface area contributed by atoms with Crippen molar-refractivity contribution in [3.63, 3.8) is 0 Å². The number of ether oxygens (including phenoxy) is 1. The first-order valence-electron chi connectivity index (χ1n) is 6.78. The van der Waals surface area contributed by atoms with Gasteiger partial charge in [0.05, 0.1) is 36.9 Å². The lowest BCUT2D eigenvalue weighted by atomic mass is 10.2. The highest BCUT2D eigenvalue weighted by molar-refractivity contribution is 5.97. The maximum absolute atomic E-state index is 13.0. The van der Waals surface area contributed by atoms with E-state index in [2.05, 4.69) is 15.2 Å². The fourth-order valence-electron chi connectivity index (χ4n) is 2.03. The van der Waals surface area contributed by atoms with Crippen LogP contribution in [-0.4, -0.2) is 46.5 Å². The molecule has 1 aromatic carbocycles. The summed E-state index contributed by atoms with van der Waals surface area (Å²) in [5.41, 5.74) is 1.34. The highest BCUT2D eigenvalue weighted by Gasteiger charge is 2.23. The van der Waals surface area contributed by atoms with E-state index in [1.165, 1.54) is 35.1 Å². The topological polar surface area (TPSA) is 93.4 Å². The Morgan fingerprint density at radius 2 is 2.04 bits per heavy atom. The first kappa shape index (κ1) is 16.6. The van der Waals surface area contributed by atoms with E-state index in [4.69, 9.17) is 5.11 Å². The van der Waals surface area contributed by atoms with Gasteiger partial charge in [0.15, 0.2) is 6.04 Å². The van der Waals surface area contributed by atoms with Crippen LogP contribution in [0.5, 0.6) is 0 Å². The number of hydrogen-bond donors (Lipinski definition) is 2. The number of carbonyl (C=O) groups is 2. The number of amides is 1. The molecule has 122 valence electrons. The lowest BCUT2D eigenvalue weighted by Gasteiger charge is -2.13. The Balaban J connectivity index is 2.23. The number of methoxy groups -OCH3 is 1. The lowest BCUT2D eigenvalue weighted by molar-refractivity contribution is -0.143. The van der Waals surface area contributed by atoms with E-state index in [1.807, 2.05) is 0 Å². The van der Waals surface area contributed by atoms with Crippen LogP contribution in [0.4, 0.5) is 4.39 Å². The molecular formula is C15H16FN3O4. The number of halogens is 1. The van der Waals surface area contributed by atoms with Gasteiger partial charge < -0.3 is 15.2 Å². The van der Waals surface area contributed by atoms with E-state index in [0.717, 1.165) is 7.11 Å². The molecular weight excluding hydrogens is 305 g/mol. The Bertz CT molecular complexity index is 712. The SMILES string of the molecule is COC(=O)C(CO)NC(=O)c1cnn(-c2ccc(F)cc2)c1C. The molecule has 1 aromatic heterocycles. The maximum atomic E-state index is 13.0. The molecule has 0 aliphatic carbocycles. The Kier molecular flexibility index (Phi) is 5.07. The van der Waals surface area contributed by atoms with Crippen LogP contribution in [-0.2, 0) is 9.53 Å². The van der Waals surface area contributed by atoms with Gasteiger partial charge in [-0.05, 0) is 31.2 Å². The number of aliphatic hydroxyl groups is 1. The summed E-state index contributed by atoms with van der Waals surface area (Å²) in [6.45, 7) is 1.08. The summed E-state index contributed by atoms with van der Waals surface area (Å²) in [5.74, 6) is -1.69. The highest BCUT2D eigenvalue weighted by Crippen LogP contribution is 2.15. The Labute approximate surface area is 131 Å². The normalized spacial score (nSPS) is 11.8. The van der Waals surface area contributed by atoms with Crippen LogP contribution in [0.15, 0.2) is 30.5 Å². The second kappa shape index (κ2) is 7.01. The van der Waals surface area contributed by atoms with Gasteiger partial charge in [-0.3, -0.25) is 4.79 Å². The number of nitrogens with one attached hydrogen (secondary N) is 1. The smallest absolute Gasteiger partial charge is 0.330 e. The first-order chi connectivity index (χ1) is 11.0. The van der Waals surface area contributed by atoms with Gasteiger partial charge in [-0.1, -0.05) is 0 Å². The van der Waals surface area contributed by atoms with Crippen molar-refractivity contribution in [2.45, 2.75) is 13.0 Å². The zero-order chi connectivity index (χ0) is 17.0. The van der Waals surface area contributed by atoms with Gasteiger partial charge in [0.1, 0.15) is 5.82 Å². The minimum atomic E-state index is -1.15. The zero-order valence-corrected chi connectivity index (χ0v) is 12.6. The molecule has 2 rings (SSSR count). The third-order valence-corrected chi connectivity index (χ3v) is 3.30. The second-order valence-electron chi connectivity index (χ2n) is 4.76. The third-order valence-electron chi connectivity index (χ3n) is 3.30. The van der Waals surface area contributed by atoms with Crippen LogP contribution in [0.25, 0.3) is 5.69 Å². The minimum Gasteiger partial charge on any atom is -0.467 e. The van der Waals surface area contributed by atoms with Gasteiger partial charge in [-0.2, -0.15) is 5.10 Å². The average Bonchev–Trinajstić information content (AvgIpc) is 2.94. The maximum Gasteiger partial charge on any atom is 0.330 e. The van der Waals surface area contributed by atoms with Gasteiger partial charge in [-0.25, -0.2) is 13.9 Å². The molecule has 2 N–H and O–H groups in total. The van der Waals surface area contributed by atoms with Crippen molar-refractivity contribution >= 4 is 11.9 Å². The van der Waals surface area contributed by atoms with Gasteiger partial charge in [0.2, 0.25) is 0 Å². The molecule has 0 saturated carbocycles. The summed E-state index contributed by atoms with van der Waals surface area (Å²) in [6, 6.07) is 4.48. The summed E-state index contributed by atoms with van der Waals surface area (Å²) >= 11 is 0. The Morgan fingerprint density at radius 3 is 2.61 bits per heavy atom. The fourth-order valence-corrected chi connectivity index (χ4v) is 2.03. The second-order valence-corrected chi connectivity index (χ2v) is 4.76. The largest absolute Gasteiger partial charge is 0.467 e. The van der Waals surface area contributed by atoms with Crippen molar-refractivity contribution in [1.29, 1.82) is 0 Å². The average molecular weight is 321 g/mol. The molecule has 0 aliphatic rings. The van der Waals surface area contributed by atoms with Crippen LogP contribution >= 0.6 is 0 Å². The summed E-state index contributed by atoms with van der Waals surface area (Å²) in [5, 5.41) is 15.6. The van der Waals surface area contributed by atoms with Crippen LogP contribution in [0.3, 0.4) is 0 Å². The van der Waals surface area contributed by atoms with Crippen LogP contribution in [0, 0.1) is 12.7 Å². The van der Waals surface area contributed by atoms with Crippen molar-refractivity contribution in [1.82, 2.24) is 15.1 Å². The molecule has 7 nitrogen and oxygen atoms in total. The summed E-state index contributed by atoms with van der Waals surface area (Å²) in [4.78, 5) is 23.6. The number of aliphatic hydroxyl groups excluding tert-OH is 1. The van der Waals surface area contributed by atoms with E-state index < -0.39 is 24.5 Å². The van der Waals surface area contributed by atoms with E-state index in [0.29, 0.717) is 11.4 Å². The number of aromatic nitrogens is 2. The number of esters is 1. The van der Waals surface area contributed by atoms with Crippen LogP contribution < -0.4 is 5.32 Å². The van der Waals surface area contributed by atoms with Crippen molar-refractivity contribution < 1.29 is 23.8 Å². The van der Waals surface area contributed by atoms with Gasteiger partial charge >= 0.3 is 5.97 Å². The Hall–Kier alpha value is -2.74. The van der Waals surface area contributed by atoms with E-state index in [-0.39, 0.29) is 11.4 Å². The van der Waals surface area contributed by atoms with Crippen LogP contribution in [0.1, 0.15) is 16.1 Å². The molecule has 1 atom stereocenters. The number of rotatable bonds is 5. The van der Waals surface area contributed by atoms with Crippen molar-refractivity contribution in [3.05, 3.63) is 47.5 Å². The molecule has 1 unspecified atom stereocenters. The molecule has 1 heterocycles. The standard InChI is InChI=1S/C15H16FN3O4/c1-9-12(14(21)18-13(8-20)15(22)23-2)7-17-19(9)11-5-3-10(16)4-6-11/h3-7,13,20H,8H2,1-2H3,(H,18,21). The molecule has 0 spiro atoms. The number of carbonyl (C=O) groups excluding carboxylic acids is 2. The summed E-state index contributed by atoms with van der Waals surface area (Å²) < 4.78 is 18.9. The molecule has 8 heteroatoms. The monoisotopic (exact) mass is 321 g/mol. The molecule has 0 fully saturated rings. The third kappa shape index (κ3) is 3.54. The van der Waals surface area contributed by atoms with E-state index in [1.54, 1.807) is 6.92 Å². The van der Waals surface area contributed by atoms with E-state index in [9.17, 15) is 14.0 Å². The number of benzene rings is 1. The predicted octanol–water partition coefficient (Wildman–Crippen LogP) is 0.584. The predicted molar refractivity (Wildman–Crippen MR) is 78.6 cm³/mol.